The van der Waals surface area contributed by atoms with E-state index in [1.54, 1.807) is 0 Å². The van der Waals surface area contributed by atoms with Gasteiger partial charge in [0.15, 0.2) is 0 Å². The number of likely N-dealkylation sites (tertiary alicyclic amines) is 1. The number of likely N-dealkylation sites (N-methyl/N-ethyl adjacent to an activating group) is 1. The molecule has 0 aliphatic carbocycles. The minimum atomic E-state index is -3.34. The van der Waals surface area contributed by atoms with Crippen molar-refractivity contribution in [3.63, 3.8) is 0 Å². The number of benzene rings is 1. The summed E-state index contributed by atoms with van der Waals surface area (Å²) in [5, 5.41) is 0. The fourth-order valence-corrected chi connectivity index (χ4v) is 3.60. The summed E-state index contributed by atoms with van der Waals surface area (Å²) in [5.74, 6) is 0.162. The summed E-state index contributed by atoms with van der Waals surface area (Å²) < 4.78 is 24.1. The number of amides is 1. The van der Waals surface area contributed by atoms with Crippen LogP contribution in [0.15, 0.2) is 30.3 Å². The third kappa shape index (κ3) is 3.50. The van der Waals surface area contributed by atoms with Gasteiger partial charge in [-0.3, -0.25) is 4.79 Å². The van der Waals surface area contributed by atoms with Crippen molar-refractivity contribution in [3.8, 4) is 0 Å². The molecule has 0 spiro atoms. The van der Waals surface area contributed by atoms with Crippen molar-refractivity contribution in [2.75, 3.05) is 19.8 Å². The van der Waals surface area contributed by atoms with Gasteiger partial charge < -0.3 is 4.90 Å². The summed E-state index contributed by atoms with van der Waals surface area (Å²) in [5.41, 5.74) is 1.23. The van der Waals surface area contributed by atoms with E-state index in [0.717, 1.165) is 17.0 Å². The molecule has 0 unspecified atom stereocenters. The molecule has 0 aromatic heterocycles. The topological polar surface area (TPSA) is 57.7 Å². The Morgan fingerprint density at radius 1 is 1.27 bits per heavy atom. The molecule has 0 radical (unpaired) electrons. The van der Waals surface area contributed by atoms with Gasteiger partial charge in [-0.1, -0.05) is 30.3 Å². The maximum Gasteiger partial charge on any atom is 0.238 e. The first kappa shape index (κ1) is 17.0. The standard InChI is InChI=1S/C16H24N2O3S/c1-12-10-15(14-8-6-5-7-9-14)13(2)18(12)16(19)11-17(3)22(4,20)21/h5-9,12-13,15H,10-11H2,1-4H3/t12-,13+,15-/m1/s1. The average molecular weight is 324 g/mol. The van der Waals surface area contributed by atoms with E-state index in [2.05, 4.69) is 12.1 Å². The lowest BCUT2D eigenvalue weighted by atomic mass is 9.92. The van der Waals surface area contributed by atoms with E-state index in [1.807, 2.05) is 36.9 Å². The van der Waals surface area contributed by atoms with Crippen LogP contribution < -0.4 is 0 Å². The first-order chi connectivity index (χ1) is 10.2. The molecule has 5 nitrogen and oxygen atoms in total. The number of hydrogen-bond acceptors (Lipinski definition) is 3. The predicted molar refractivity (Wildman–Crippen MR) is 87.0 cm³/mol. The molecule has 22 heavy (non-hydrogen) atoms. The Balaban J connectivity index is 2.14. The molecule has 1 aliphatic heterocycles. The number of carbonyl (C=O) groups excluding carboxylic acids is 1. The molecule has 0 N–H and O–H groups in total. The van der Waals surface area contributed by atoms with Crippen LogP contribution in [0.3, 0.4) is 0 Å². The van der Waals surface area contributed by atoms with Gasteiger partial charge in [0.25, 0.3) is 0 Å². The molecule has 1 aromatic carbocycles. The minimum Gasteiger partial charge on any atom is -0.336 e. The zero-order valence-electron chi connectivity index (χ0n) is 13.6. The molecule has 1 saturated heterocycles. The van der Waals surface area contributed by atoms with Crippen LogP contribution in [-0.2, 0) is 14.8 Å². The van der Waals surface area contributed by atoms with Crippen molar-refractivity contribution < 1.29 is 13.2 Å². The molecule has 122 valence electrons. The molecule has 2 rings (SSSR count). The fourth-order valence-electron chi connectivity index (χ4n) is 3.25. The second-order valence-electron chi connectivity index (χ2n) is 6.16. The van der Waals surface area contributed by atoms with Crippen LogP contribution in [0, 0.1) is 0 Å². The Morgan fingerprint density at radius 3 is 2.41 bits per heavy atom. The van der Waals surface area contributed by atoms with Gasteiger partial charge >= 0.3 is 0 Å². The largest absolute Gasteiger partial charge is 0.336 e. The minimum absolute atomic E-state index is 0.0675. The van der Waals surface area contributed by atoms with Gasteiger partial charge in [0.05, 0.1) is 12.8 Å². The van der Waals surface area contributed by atoms with E-state index in [9.17, 15) is 13.2 Å². The quantitative estimate of drug-likeness (QED) is 0.846. The fraction of sp³-hybridized carbons (Fsp3) is 0.562. The molecule has 1 amide bonds. The normalized spacial score (nSPS) is 25.7. The van der Waals surface area contributed by atoms with Crippen molar-refractivity contribution in [3.05, 3.63) is 35.9 Å². The Bertz CT molecular complexity index is 630. The van der Waals surface area contributed by atoms with Crippen LogP contribution >= 0.6 is 0 Å². The summed E-state index contributed by atoms with van der Waals surface area (Å²) in [7, 11) is -1.90. The highest BCUT2D eigenvalue weighted by molar-refractivity contribution is 7.88. The summed E-state index contributed by atoms with van der Waals surface area (Å²) in [4.78, 5) is 14.4. The lowest BCUT2D eigenvalue weighted by Gasteiger charge is -2.29. The number of hydrogen-bond donors (Lipinski definition) is 0. The number of rotatable bonds is 4. The maximum atomic E-state index is 12.5. The third-order valence-electron chi connectivity index (χ3n) is 4.53. The van der Waals surface area contributed by atoms with Gasteiger partial charge in [-0.05, 0) is 25.8 Å². The predicted octanol–water partition coefficient (Wildman–Crippen LogP) is 1.67. The van der Waals surface area contributed by atoms with E-state index < -0.39 is 10.0 Å². The number of nitrogens with zero attached hydrogens (tertiary/aromatic N) is 2. The van der Waals surface area contributed by atoms with Crippen LogP contribution in [-0.4, -0.2) is 55.5 Å². The maximum absolute atomic E-state index is 12.5. The van der Waals surface area contributed by atoms with Crippen LogP contribution in [0.4, 0.5) is 0 Å². The number of sulfonamides is 1. The van der Waals surface area contributed by atoms with E-state index >= 15 is 0 Å². The molecule has 1 fully saturated rings. The highest BCUT2D eigenvalue weighted by Crippen LogP contribution is 2.37. The molecule has 1 aromatic rings. The molecule has 3 atom stereocenters. The van der Waals surface area contributed by atoms with Gasteiger partial charge in [-0.2, -0.15) is 4.31 Å². The Morgan fingerprint density at radius 2 is 1.86 bits per heavy atom. The third-order valence-corrected chi connectivity index (χ3v) is 5.79. The summed E-state index contributed by atoms with van der Waals surface area (Å²) >= 11 is 0. The molecule has 6 heteroatoms. The van der Waals surface area contributed by atoms with Crippen molar-refractivity contribution in [2.24, 2.45) is 0 Å². The van der Waals surface area contributed by atoms with Crippen molar-refractivity contribution in [1.29, 1.82) is 0 Å². The summed E-state index contributed by atoms with van der Waals surface area (Å²) in [6, 6.07) is 10.4. The average Bonchev–Trinajstić information content (AvgIpc) is 2.74. The molecular weight excluding hydrogens is 300 g/mol. The Labute approximate surface area is 133 Å². The number of carbonyl (C=O) groups is 1. The SMILES string of the molecule is C[C@@H]1C[C@@H](c2ccccc2)[C@H](C)N1C(=O)CN(C)S(C)(=O)=O. The Hall–Kier alpha value is -1.40. The van der Waals surface area contributed by atoms with Crippen LogP contribution in [0.5, 0.6) is 0 Å². The summed E-state index contributed by atoms with van der Waals surface area (Å²) in [6.07, 6.45) is 2.02. The summed E-state index contributed by atoms with van der Waals surface area (Å²) in [6.45, 7) is 3.96. The van der Waals surface area contributed by atoms with E-state index in [4.69, 9.17) is 0 Å². The van der Waals surface area contributed by atoms with Crippen molar-refractivity contribution in [2.45, 2.75) is 38.3 Å². The van der Waals surface area contributed by atoms with Crippen molar-refractivity contribution >= 4 is 15.9 Å². The second kappa shape index (κ2) is 6.38. The van der Waals surface area contributed by atoms with Gasteiger partial charge in [-0.15, -0.1) is 0 Å². The molecule has 1 heterocycles. The van der Waals surface area contributed by atoms with Crippen LogP contribution in [0.2, 0.25) is 0 Å². The zero-order valence-corrected chi connectivity index (χ0v) is 14.4. The highest BCUT2D eigenvalue weighted by atomic mass is 32.2. The smallest absolute Gasteiger partial charge is 0.238 e. The first-order valence-electron chi connectivity index (χ1n) is 7.49. The van der Waals surface area contributed by atoms with Crippen LogP contribution in [0.1, 0.15) is 31.7 Å². The lowest BCUT2D eigenvalue weighted by Crippen LogP contribution is -2.45. The van der Waals surface area contributed by atoms with Crippen LogP contribution in [0.25, 0.3) is 0 Å². The highest BCUT2D eigenvalue weighted by Gasteiger charge is 2.40. The monoisotopic (exact) mass is 324 g/mol. The molecule has 0 saturated carbocycles. The zero-order chi connectivity index (χ0) is 16.5. The van der Waals surface area contributed by atoms with E-state index in [0.29, 0.717) is 5.92 Å². The molecular formula is C16H24N2O3S. The Kier molecular flexibility index (Phi) is 4.92. The lowest BCUT2D eigenvalue weighted by molar-refractivity contribution is -0.133. The van der Waals surface area contributed by atoms with Gasteiger partial charge in [0, 0.05) is 25.0 Å². The van der Waals surface area contributed by atoms with Gasteiger partial charge in [0.1, 0.15) is 0 Å². The van der Waals surface area contributed by atoms with E-state index in [1.165, 1.54) is 12.6 Å². The molecule has 0 bridgehead atoms. The van der Waals surface area contributed by atoms with E-state index in [-0.39, 0.29) is 24.5 Å². The second-order valence-corrected chi connectivity index (χ2v) is 8.25. The molecule has 1 aliphatic rings. The van der Waals surface area contributed by atoms with Crippen molar-refractivity contribution in [1.82, 2.24) is 9.21 Å². The van der Waals surface area contributed by atoms with Gasteiger partial charge in [0.2, 0.25) is 15.9 Å². The first-order valence-corrected chi connectivity index (χ1v) is 9.34. The van der Waals surface area contributed by atoms with Gasteiger partial charge in [-0.25, -0.2) is 8.42 Å².